The largest absolute Gasteiger partial charge is 0.493 e. The number of likely N-dealkylation sites (N-methyl/N-ethyl adjacent to an activating group) is 1. The molecule has 2 aliphatic heterocycles. The number of nitrogens with zero attached hydrogens (tertiary/aromatic N) is 4. The van der Waals surface area contributed by atoms with Gasteiger partial charge in [0.2, 0.25) is 0 Å². The van der Waals surface area contributed by atoms with Gasteiger partial charge in [0, 0.05) is 52.0 Å². The summed E-state index contributed by atoms with van der Waals surface area (Å²) in [6, 6.07) is 3.39. The summed E-state index contributed by atoms with van der Waals surface area (Å²) in [4.78, 5) is 23.3. The fraction of sp³-hybridized carbons (Fsp3) is 0.647. The highest BCUT2D eigenvalue weighted by atomic mass is 16.5. The molecule has 0 aromatic carbocycles. The molecule has 25 heavy (non-hydrogen) atoms. The summed E-state index contributed by atoms with van der Waals surface area (Å²) in [6.45, 7) is 6.86. The fourth-order valence-electron chi connectivity index (χ4n) is 3.16. The summed E-state index contributed by atoms with van der Waals surface area (Å²) < 4.78 is 11.1. The summed E-state index contributed by atoms with van der Waals surface area (Å²) in [5, 5.41) is 2.84. The number of rotatable bonds is 4. The van der Waals surface area contributed by atoms with Gasteiger partial charge in [0.1, 0.15) is 0 Å². The Labute approximate surface area is 148 Å². The van der Waals surface area contributed by atoms with Gasteiger partial charge in [0.05, 0.1) is 19.8 Å². The van der Waals surface area contributed by atoms with E-state index in [1.54, 1.807) is 30.3 Å². The van der Waals surface area contributed by atoms with Gasteiger partial charge in [0.25, 0.3) is 0 Å². The minimum Gasteiger partial charge on any atom is -0.493 e. The zero-order valence-corrected chi connectivity index (χ0v) is 15.0. The Bertz CT molecular complexity index is 577. The van der Waals surface area contributed by atoms with E-state index in [1.807, 2.05) is 0 Å². The number of ether oxygens (including phenoxy) is 2. The third kappa shape index (κ3) is 4.81. The van der Waals surface area contributed by atoms with Crippen molar-refractivity contribution < 1.29 is 14.3 Å². The van der Waals surface area contributed by atoms with Crippen LogP contribution in [0.15, 0.2) is 18.3 Å². The van der Waals surface area contributed by atoms with Gasteiger partial charge < -0.3 is 19.3 Å². The van der Waals surface area contributed by atoms with E-state index < -0.39 is 0 Å². The van der Waals surface area contributed by atoms with Crippen molar-refractivity contribution in [1.82, 2.24) is 19.7 Å². The topological polar surface area (TPSA) is 70.2 Å². The van der Waals surface area contributed by atoms with Gasteiger partial charge in [-0.15, -0.1) is 0 Å². The average molecular weight is 349 g/mol. The molecule has 8 heteroatoms. The maximum Gasteiger partial charge on any atom is 0.323 e. The Hall–Kier alpha value is -1.90. The van der Waals surface area contributed by atoms with Gasteiger partial charge in [-0.25, -0.2) is 9.78 Å². The first-order valence-corrected chi connectivity index (χ1v) is 8.73. The van der Waals surface area contributed by atoms with Crippen LogP contribution < -0.4 is 10.1 Å². The molecule has 1 aromatic rings. The van der Waals surface area contributed by atoms with Crippen LogP contribution in [0.3, 0.4) is 0 Å². The van der Waals surface area contributed by atoms with Crippen molar-refractivity contribution in [1.29, 1.82) is 0 Å². The summed E-state index contributed by atoms with van der Waals surface area (Å²) in [5.41, 5.74) is 0. The van der Waals surface area contributed by atoms with E-state index >= 15 is 0 Å². The molecular weight excluding hydrogens is 322 g/mol. The Kier molecular flexibility index (Phi) is 6.06. The van der Waals surface area contributed by atoms with E-state index in [9.17, 15) is 4.79 Å². The first kappa shape index (κ1) is 17.9. The number of nitrogens with one attached hydrogen (secondary N) is 1. The van der Waals surface area contributed by atoms with Crippen molar-refractivity contribution in [3.8, 4) is 5.75 Å². The summed E-state index contributed by atoms with van der Waals surface area (Å²) in [5.74, 6) is 0.996. The molecule has 138 valence electrons. The summed E-state index contributed by atoms with van der Waals surface area (Å²) in [7, 11) is 3.71. The molecule has 0 radical (unpaired) electrons. The van der Waals surface area contributed by atoms with Crippen LogP contribution in [0.5, 0.6) is 5.75 Å². The van der Waals surface area contributed by atoms with Crippen molar-refractivity contribution in [2.45, 2.75) is 6.10 Å². The number of carbonyl (C=O) groups excluding carboxylic acids is 1. The lowest BCUT2D eigenvalue weighted by atomic mass is 10.2. The number of methoxy groups -OCH3 is 1. The smallest absolute Gasteiger partial charge is 0.323 e. The van der Waals surface area contributed by atoms with E-state index in [0.717, 1.165) is 32.7 Å². The molecule has 3 heterocycles. The van der Waals surface area contributed by atoms with Crippen LogP contribution in [0.1, 0.15) is 0 Å². The van der Waals surface area contributed by atoms with Crippen molar-refractivity contribution >= 4 is 11.8 Å². The fourth-order valence-corrected chi connectivity index (χ4v) is 3.16. The molecule has 2 fully saturated rings. The standard InChI is InChI=1S/C17H27N5O3/c1-20-6-8-21(9-7-20)12-14-13-22(10-11-25-14)17(23)19-16-15(24-2)4-3-5-18-16/h3-5,14H,6-13H2,1-2H3,(H,18,19,23). The monoisotopic (exact) mass is 349 g/mol. The van der Waals surface area contributed by atoms with Gasteiger partial charge in [0.15, 0.2) is 11.6 Å². The van der Waals surface area contributed by atoms with Gasteiger partial charge in [-0.2, -0.15) is 0 Å². The van der Waals surface area contributed by atoms with E-state index in [0.29, 0.717) is 31.3 Å². The van der Waals surface area contributed by atoms with Gasteiger partial charge >= 0.3 is 6.03 Å². The zero-order valence-electron chi connectivity index (χ0n) is 15.0. The van der Waals surface area contributed by atoms with E-state index in [1.165, 1.54) is 0 Å². The second-order valence-corrected chi connectivity index (χ2v) is 6.53. The van der Waals surface area contributed by atoms with Crippen LogP contribution in [0.25, 0.3) is 0 Å². The molecular formula is C17H27N5O3. The Morgan fingerprint density at radius 2 is 2.16 bits per heavy atom. The van der Waals surface area contributed by atoms with Gasteiger partial charge in [-0.3, -0.25) is 10.2 Å². The predicted octanol–water partition coefficient (Wildman–Crippen LogP) is 0.570. The molecule has 0 bridgehead atoms. The number of anilines is 1. The van der Waals surface area contributed by atoms with Crippen LogP contribution >= 0.6 is 0 Å². The SMILES string of the molecule is COc1cccnc1NC(=O)N1CCOC(CN2CCN(C)CC2)C1. The van der Waals surface area contributed by atoms with Crippen molar-refractivity contribution in [3.05, 3.63) is 18.3 Å². The van der Waals surface area contributed by atoms with Crippen LogP contribution in [-0.4, -0.2) is 98.4 Å². The van der Waals surface area contributed by atoms with E-state index in [2.05, 4.69) is 27.1 Å². The number of aromatic nitrogens is 1. The molecule has 2 saturated heterocycles. The lowest BCUT2D eigenvalue weighted by Gasteiger charge is -2.38. The first-order chi connectivity index (χ1) is 12.2. The molecule has 2 amide bonds. The summed E-state index contributed by atoms with van der Waals surface area (Å²) in [6.07, 6.45) is 1.68. The highest BCUT2D eigenvalue weighted by Crippen LogP contribution is 2.20. The van der Waals surface area contributed by atoms with Crippen molar-refractivity contribution in [2.75, 3.05) is 71.9 Å². The molecule has 3 rings (SSSR count). The van der Waals surface area contributed by atoms with Gasteiger partial charge in [-0.05, 0) is 19.2 Å². The number of carbonyl (C=O) groups is 1. The quantitative estimate of drug-likeness (QED) is 0.857. The van der Waals surface area contributed by atoms with Crippen LogP contribution in [0.2, 0.25) is 0 Å². The first-order valence-electron chi connectivity index (χ1n) is 8.73. The molecule has 0 spiro atoms. The second-order valence-electron chi connectivity index (χ2n) is 6.53. The van der Waals surface area contributed by atoms with E-state index in [-0.39, 0.29) is 12.1 Å². The highest BCUT2D eigenvalue weighted by molar-refractivity contribution is 5.89. The van der Waals surface area contributed by atoms with Crippen LogP contribution in [-0.2, 0) is 4.74 Å². The Morgan fingerprint density at radius 1 is 1.36 bits per heavy atom. The third-order valence-electron chi connectivity index (χ3n) is 4.70. The van der Waals surface area contributed by atoms with Crippen molar-refractivity contribution in [3.63, 3.8) is 0 Å². The number of pyridine rings is 1. The number of piperazine rings is 1. The molecule has 2 aliphatic rings. The molecule has 1 aromatic heterocycles. The third-order valence-corrected chi connectivity index (χ3v) is 4.70. The maximum atomic E-state index is 12.6. The number of urea groups is 1. The van der Waals surface area contributed by atoms with Gasteiger partial charge in [-0.1, -0.05) is 0 Å². The normalized spacial score (nSPS) is 22.6. The second kappa shape index (κ2) is 8.46. The zero-order chi connectivity index (χ0) is 17.6. The minimum absolute atomic E-state index is 0.0496. The Balaban J connectivity index is 1.53. The number of amides is 2. The minimum atomic E-state index is -0.163. The lowest BCUT2D eigenvalue weighted by molar-refractivity contribution is -0.0338. The molecule has 1 atom stereocenters. The lowest BCUT2D eigenvalue weighted by Crippen LogP contribution is -2.53. The molecule has 8 nitrogen and oxygen atoms in total. The maximum absolute atomic E-state index is 12.6. The number of hydrogen-bond donors (Lipinski definition) is 1. The molecule has 0 aliphatic carbocycles. The van der Waals surface area contributed by atoms with Crippen molar-refractivity contribution in [2.24, 2.45) is 0 Å². The Morgan fingerprint density at radius 3 is 2.92 bits per heavy atom. The summed E-state index contributed by atoms with van der Waals surface area (Å²) >= 11 is 0. The number of hydrogen-bond acceptors (Lipinski definition) is 6. The van der Waals surface area contributed by atoms with E-state index in [4.69, 9.17) is 9.47 Å². The molecule has 1 unspecified atom stereocenters. The highest BCUT2D eigenvalue weighted by Gasteiger charge is 2.27. The molecule has 1 N–H and O–H groups in total. The van der Waals surface area contributed by atoms with Crippen LogP contribution in [0, 0.1) is 0 Å². The number of morpholine rings is 1. The average Bonchev–Trinajstić information content (AvgIpc) is 2.64. The molecule has 0 saturated carbocycles. The van der Waals surface area contributed by atoms with Crippen LogP contribution in [0.4, 0.5) is 10.6 Å². The predicted molar refractivity (Wildman–Crippen MR) is 95.1 cm³/mol.